The first-order valence-corrected chi connectivity index (χ1v) is 7.52. The fourth-order valence-electron chi connectivity index (χ4n) is 2.62. The van der Waals surface area contributed by atoms with Gasteiger partial charge < -0.3 is 14.9 Å². The molecule has 0 amide bonds. The Kier molecular flexibility index (Phi) is 5.51. The molecule has 0 saturated carbocycles. The van der Waals surface area contributed by atoms with Crippen molar-refractivity contribution in [1.82, 2.24) is 9.80 Å². The number of anilines is 1. The lowest BCUT2D eigenvalue weighted by molar-refractivity contribution is -0.384. The second kappa shape index (κ2) is 7.38. The summed E-state index contributed by atoms with van der Waals surface area (Å²) in [5.41, 5.74) is 0.281. The molecule has 1 aliphatic heterocycles. The number of hydrogen-bond acceptors (Lipinski definition) is 6. The Morgan fingerprint density at radius 3 is 2.48 bits per heavy atom. The van der Waals surface area contributed by atoms with Crippen LogP contribution >= 0.6 is 0 Å². The highest BCUT2D eigenvalue weighted by atomic mass is 16.6. The smallest absolute Gasteiger partial charge is 0.335 e. The molecule has 0 bridgehead atoms. The zero-order valence-corrected chi connectivity index (χ0v) is 13.4. The Hall–Kier alpha value is -2.19. The largest absolute Gasteiger partial charge is 0.478 e. The van der Waals surface area contributed by atoms with Crippen molar-refractivity contribution in [3.05, 3.63) is 33.9 Å². The zero-order valence-electron chi connectivity index (χ0n) is 13.4. The molecular formula is C15H22N4O4. The molecule has 0 aliphatic carbocycles. The van der Waals surface area contributed by atoms with Crippen molar-refractivity contribution >= 4 is 17.3 Å². The van der Waals surface area contributed by atoms with E-state index in [1.165, 1.54) is 12.1 Å². The maximum absolute atomic E-state index is 11.3. The van der Waals surface area contributed by atoms with E-state index in [1.807, 2.05) is 19.0 Å². The average Bonchev–Trinajstić information content (AvgIpc) is 2.52. The van der Waals surface area contributed by atoms with Crippen LogP contribution in [-0.2, 0) is 0 Å². The molecule has 0 spiro atoms. The lowest BCUT2D eigenvalue weighted by Crippen LogP contribution is -2.48. The number of carboxylic acids is 1. The van der Waals surface area contributed by atoms with Crippen LogP contribution in [0, 0.1) is 10.1 Å². The van der Waals surface area contributed by atoms with E-state index >= 15 is 0 Å². The van der Waals surface area contributed by atoms with Gasteiger partial charge in [-0.15, -0.1) is 0 Å². The van der Waals surface area contributed by atoms with Gasteiger partial charge in [0.05, 0.1) is 10.5 Å². The molecule has 1 aromatic rings. The van der Waals surface area contributed by atoms with Gasteiger partial charge >= 0.3 is 5.97 Å². The van der Waals surface area contributed by atoms with E-state index in [-0.39, 0.29) is 11.3 Å². The number of nitro groups is 1. The summed E-state index contributed by atoms with van der Waals surface area (Å²) in [6, 6.07) is 4.09. The van der Waals surface area contributed by atoms with Gasteiger partial charge in [-0.25, -0.2) is 4.79 Å². The molecule has 23 heavy (non-hydrogen) atoms. The third kappa shape index (κ3) is 4.40. The summed E-state index contributed by atoms with van der Waals surface area (Å²) in [5, 5.41) is 20.2. The lowest BCUT2D eigenvalue weighted by Gasteiger charge is -2.36. The number of likely N-dealkylation sites (N-methyl/N-ethyl adjacent to an activating group) is 1. The van der Waals surface area contributed by atoms with E-state index in [9.17, 15) is 14.9 Å². The molecule has 8 nitrogen and oxygen atoms in total. The molecule has 1 N–H and O–H groups in total. The van der Waals surface area contributed by atoms with E-state index in [4.69, 9.17) is 5.11 Å². The first-order valence-electron chi connectivity index (χ1n) is 7.52. The highest BCUT2D eigenvalue weighted by molar-refractivity contribution is 5.89. The summed E-state index contributed by atoms with van der Waals surface area (Å²) in [4.78, 5) is 28.1. The fraction of sp³-hybridized carbons (Fsp3) is 0.533. The molecule has 0 atom stereocenters. The Balaban J connectivity index is 2.08. The molecule has 2 rings (SSSR count). The number of rotatable bonds is 6. The predicted molar refractivity (Wildman–Crippen MR) is 87.3 cm³/mol. The minimum Gasteiger partial charge on any atom is -0.478 e. The number of piperazine rings is 1. The monoisotopic (exact) mass is 322 g/mol. The van der Waals surface area contributed by atoms with E-state index in [0.29, 0.717) is 18.8 Å². The number of benzene rings is 1. The van der Waals surface area contributed by atoms with Gasteiger partial charge in [0.2, 0.25) is 0 Å². The van der Waals surface area contributed by atoms with Crippen LogP contribution in [0.15, 0.2) is 18.2 Å². The van der Waals surface area contributed by atoms with Gasteiger partial charge in [0.15, 0.2) is 0 Å². The molecule has 8 heteroatoms. The van der Waals surface area contributed by atoms with E-state index < -0.39 is 10.9 Å². The summed E-state index contributed by atoms with van der Waals surface area (Å²) in [6.07, 6.45) is 0. The number of hydrogen-bond donors (Lipinski definition) is 1. The van der Waals surface area contributed by atoms with E-state index in [1.54, 1.807) is 0 Å². The van der Waals surface area contributed by atoms with E-state index in [0.717, 1.165) is 32.2 Å². The summed E-state index contributed by atoms with van der Waals surface area (Å²) < 4.78 is 0. The predicted octanol–water partition coefficient (Wildman–Crippen LogP) is 0.977. The summed E-state index contributed by atoms with van der Waals surface area (Å²) in [7, 11) is 4.06. The maximum Gasteiger partial charge on any atom is 0.335 e. The molecule has 1 saturated heterocycles. The highest BCUT2D eigenvalue weighted by Crippen LogP contribution is 2.30. The van der Waals surface area contributed by atoms with Crippen molar-refractivity contribution < 1.29 is 14.8 Å². The van der Waals surface area contributed by atoms with Crippen LogP contribution in [-0.4, -0.2) is 79.2 Å². The number of nitro benzene ring substituents is 1. The molecule has 1 fully saturated rings. The van der Waals surface area contributed by atoms with Gasteiger partial charge in [-0.2, -0.15) is 0 Å². The van der Waals surface area contributed by atoms with Crippen molar-refractivity contribution in [1.29, 1.82) is 0 Å². The number of nitrogens with zero attached hydrogens (tertiary/aromatic N) is 4. The molecule has 1 aliphatic rings. The SMILES string of the molecule is CN(C)CCN1CCN(c2ccc(C(=O)O)cc2[N+](=O)[O-])CC1. The minimum atomic E-state index is -1.16. The summed E-state index contributed by atoms with van der Waals surface area (Å²) >= 11 is 0. The van der Waals surface area contributed by atoms with Gasteiger partial charge in [0.1, 0.15) is 5.69 Å². The number of aromatic carboxylic acids is 1. The first kappa shape index (κ1) is 17.2. The van der Waals surface area contributed by atoms with Crippen molar-refractivity contribution in [2.75, 3.05) is 58.3 Å². The third-order valence-electron chi connectivity index (χ3n) is 4.00. The Labute approximate surface area is 135 Å². The van der Waals surface area contributed by atoms with E-state index in [2.05, 4.69) is 9.80 Å². The van der Waals surface area contributed by atoms with Crippen LogP contribution < -0.4 is 4.90 Å². The van der Waals surface area contributed by atoms with Crippen molar-refractivity contribution in [2.24, 2.45) is 0 Å². The second-order valence-corrected chi connectivity index (χ2v) is 5.90. The van der Waals surface area contributed by atoms with Crippen LogP contribution in [0.25, 0.3) is 0 Å². The third-order valence-corrected chi connectivity index (χ3v) is 4.00. The fourth-order valence-corrected chi connectivity index (χ4v) is 2.62. The Morgan fingerprint density at radius 2 is 1.96 bits per heavy atom. The van der Waals surface area contributed by atoms with Gasteiger partial charge in [0, 0.05) is 45.3 Å². The van der Waals surface area contributed by atoms with Crippen LogP contribution in [0.1, 0.15) is 10.4 Å². The average molecular weight is 322 g/mol. The Morgan fingerprint density at radius 1 is 1.30 bits per heavy atom. The topological polar surface area (TPSA) is 90.2 Å². The molecule has 1 aromatic carbocycles. The van der Waals surface area contributed by atoms with Crippen molar-refractivity contribution in [2.45, 2.75) is 0 Å². The molecule has 0 unspecified atom stereocenters. The lowest BCUT2D eigenvalue weighted by atomic mass is 10.1. The molecule has 1 heterocycles. The van der Waals surface area contributed by atoms with Gasteiger partial charge in [-0.3, -0.25) is 15.0 Å². The quantitative estimate of drug-likeness (QED) is 0.616. The maximum atomic E-state index is 11.3. The first-order chi connectivity index (χ1) is 10.9. The van der Waals surface area contributed by atoms with Crippen LogP contribution in [0.2, 0.25) is 0 Å². The molecule has 0 aromatic heterocycles. The van der Waals surface area contributed by atoms with Crippen LogP contribution in [0.3, 0.4) is 0 Å². The van der Waals surface area contributed by atoms with Gasteiger partial charge in [-0.1, -0.05) is 0 Å². The van der Waals surface area contributed by atoms with Crippen LogP contribution in [0.4, 0.5) is 11.4 Å². The zero-order chi connectivity index (χ0) is 17.0. The highest BCUT2D eigenvalue weighted by Gasteiger charge is 2.24. The molecular weight excluding hydrogens is 300 g/mol. The van der Waals surface area contributed by atoms with Gasteiger partial charge in [-0.05, 0) is 26.2 Å². The number of carboxylic acid groups (broad SMARTS) is 1. The van der Waals surface area contributed by atoms with Crippen molar-refractivity contribution in [3.63, 3.8) is 0 Å². The summed E-state index contributed by atoms with van der Waals surface area (Å²) in [6.45, 7) is 5.02. The standard InChI is InChI=1S/C15H22N4O4/c1-16(2)5-6-17-7-9-18(10-8-17)13-4-3-12(15(20)21)11-14(13)19(22)23/h3-4,11H,5-10H2,1-2H3,(H,20,21). The second-order valence-electron chi connectivity index (χ2n) is 5.90. The Bertz CT molecular complexity index is 583. The molecule has 0 radical (unpaired) electrons. The minimum absolute atomic E-state index is 0.0648. The molecule has 126 valence electrons. The van der Waals surface area contributed by atoms with Crippen LogP contribution in [0.5, 0.6) is 0 Å². The summed E-state index contributed by atoms with van der Waals surface area (Å²) in [5.74, 6) is -1.16. The number of carbonyl (C=O) groups is 1. The van der Waals surface area contributed by atoms with Gasteiger partial charge in [0.25, 0.3) is 5.69 Å². The normalized spacial score (nSPS) is 15.9. The van der Waals surface area contributed by atoms with Crippen molar-refractivity contribution in [3.8, 4) is 0 Å².